The van der Waals surface area contributed by atoms with Crippen LogP contribution in [0.4, 0.5) is 0 Å². The fraction of sp³-hybridized carbons (Fsp3) is 0.429. The molecule has 1 fully saturated rings. The van der Waals surface area contributed by atoms with Crippen molar-refractivity contribution in [2.24, 2.45) is 5.73 Å². The summed E-state index contributed by atoms with van der Waals surface area (Å²) in [6, 6.07) is -0.208. The molecule has 2 aliphatic heterocycles. The van der Waals surface area contributed by atoms with Crippen LogP contribution >= 0.6 is 11.8 Å². The summed E-state index contributed by atoms with van der Waals surface area (Å²) in [5, 5.41) is 17.2. The third kappa shape index (κ3) is 1.02. The van der Waals surface area contributed by atoms with Gasteiger partial charge < -0.3 is 15.7 Å². The van der Waals surface area contributed by atoms with Crippen molar-refractivity contribution in [2.45, 2.75) is 6.04 Å². The van der Waals surface area contributed by atoms with Gasteiger partial charge >= 0.3 is 0 Å². The highest BCUT2D eigenvalue weighted by atomic mass is 32.2. The standard InChI is InChI=1S/C7H9N3O2S/c8-6-4(7(9)12)5(11)3-1-13-2-10(3)6/h3,8,11H,1-2H2,(H2,9,12)/t3-/m1/s1. The number of nitrogens with two attached hydrogens (primary N) is 1. The lowest BCUT2D eigenvalue weighted by atomic mass is 10.2. The molecule has 2 heterocycles. The molecule has 0 spiro atoms. The fourth-order valence-corrected chi connectivity index (χ4v) is 2.74. The van der Waals surface area contributed by atoms with E-state index in [1.165, 1.54) is 0 Å². The van der Waals surface area contributed by atoms with Crippen molar-refractivity contribution in [1.29, 1.82) is 5.41 Å². The van der Waals surface area contributed by atoms with Crippen molar-refractivity contribution in [3.05, 3.63) is 11.3 Å². The molecule has 0 bridgehead atoms. The van der Waals surface area contributed by atoms with Crippen LogP contribution in [0.5, 0.6) is 0 Å². The van der Waals surface area contributed by atoms with Crippen LogP contribution in [-0.4, -0.2) is 39.4 Å². The van der Waals surface area contributed by atoms with E-state index in [4.69, 9.17) is 11.1 Å². The summed E-state index contributed by atoms with van der Waals surface area (Å²) in [6.07, 6.45) is 0. The number of nitrogens with one attached hydrogen (secondary N) is 1. The van der Waals surface area contributed by atoms with Crippen LogP contribution in [0.1, 0.15) is 0 Å². The molecule has 0 aliphatic carbocycles. The maximum atomic E-state index is 10.9. The molecule has 0 unspecified atom stereocenters. The highest BCUT2D eigenvalue weighted by Crippen LogP contribution is 2.33. The van der Waals surface area contributed by atoms with E-state index in [0.717, 1.165) is 0 Å². The minimum Gasteiger partial charge on any atom is -0.509 e. The van der Waals surface area contributed by atoms with Crippen LogP contribution in [0, 0.1) is 5.41 Å². The van der Waals surface area contributed by atoms with Gasteiger partial charge in [-0.1, -0.05) is 0 Å². The molecule has 1 amide bonds. The van der Waals surface area contributed by atoms with Crippen molar-refractivity contribution < 1.29 is 9.90 Å². The second-order valence-corrected chi connectivity index (χ2v) is 3.96. The van der Waals surface area contributed by atoms with Gasteiger partial charge in [-0.2, -0.15) is 0 Å². The predicted molar refractivity (Wildman–Crippen MR) is 49.5 cm³/mol. The lowest BCUT2D eigenvalue weighted by Gasteiger charge is -2.15. The van der Waals surface area contributed by atoms with Gasteiger partial charge in [0.2, 0.25) is 0 Å². The molecular weight excluding hydrogens is 190 g/mol. The van der Waals surface area contributed by atoms with E-state index in [0.29, 0.717) is 11.6 Å². The first-order valence-corrected chi connectivity index (χ1v) is 4.94. The Kier molecular flexibility index (Phi) is 1.73. The molecule has 6 heteroatoms. The summed E-state index contributed by atoms with van der Waals surface area (Å²) in [5.41, 5.74) is 5.03. The van der Waals surface area contributed by atoms with Crippen LogP contribution in [0.25, 0.3) is 0 Å². The van der Waals surface area contributed by atoms with E-state index >= 15 is 0 Å². The molecule has 70 valence electrons. The third-order valence-corrected chi connectivity index (χ3v) is 3.24. The molecule has 2 aliphatic rings. The smallest absolute Gasteiger partial charge is 0.255 e. The second-order valence-electron chi connectivity index (χ2n) is 2.96. The topological polar surface area (TPSA) is 90.4 Å². The Labute approximate surface area is 79.1 Å². The Morgan fingerprint density at radius 1 is 1.77 bits per heavy atom. The molecule has 13 heavy (non-hydrogen) atoms. The van der Waals surface area contributed by atoms with Gasteiger partial charge in [0.25, 0.3) is 5.91 Å². The van der Waals surface area contributed by atoms with Gasteiger partial charge in [-0.15, -0.1) is 11.8 Å². The monoisotopic (exact) mass is 199 g/mol. The Bertz CT molecular complexity index is 326. The van der Waals surface area contributed by atoms with Gasteiger partial charge in [0.15, 0.2) is 0 Å². The number of nitrogens with zero attached hydrogens (tertiary/aromatic N) is 1. The maximum Gasteiger partial charge on any atom is 0.255 e. The summed E-state index contributed by atoms with van der Waals surface area (Å²) in [5.74, 6) is 0.652. The van der Waals surface area contributed by atoms with Crippen molar-refractivity contribution in [1.82, 2.24) is 4.90 Å². The second kappa shape index (κ2) is 2.66. The summed E-state index contributed by atoms with van der Waals surface area (Å²) in [7, 11) is 0. The van der Waals surface area contributed by atoms with Crippen LogP contribution < -0.4 is 5.73 Å². The SMILES string of the molecule is N=C1C(C(N)=O)=C(O)[C@H]2CSCN12. The largest absolute Gasteiger partial charge is 0.509 e. The highest BCUT2D eigenvalue weighted by molar-refractivity contribution is 7.99. The van der Waals surface area contributed by atoms with E-state index in [9.17, 15) is 9.90 Å². The zero-order chi connectivity index (χ0) is 9.59. The van der Waals surface area contributed by atoms with Crippen LogP contribution in [0.2, 0.25) is 0 Å². The molecule has 1 atom stereocenters. The zero-order valence-corrected chi connectivity index (χ0v) is 7.60. The number of carbonyl (C=O) groups is 1. The Balaban J connectivity index is 2.41. The van der Waals surface area contributed by atoms with Crippen LogP contribution in [0.3, 0.4) is 0 Å². The van der Waals surface area contributed by atoms with E-state index < -0.39 is 5.91 Å². The molecule has 4 N–H and O–H groups in total. The number of thioether (sulfide) groups is 1. The van der Waals surface area contributed by atoms with Crippen LogP contribution in [-0.2, 0) is 4.79 Å². The number of amides is 1. The minimum absolute atomic E-state index is 0.0229. The summed E-state index contributed by atoms with van der Waals surface area (Å²) < 4.78 is 0. The van der Waals surface area contributed by atoms with Gasteiger partial charge in [0.1, 0.15) is 17.2 Å². The molecule has 2 rings (SSSR count). The molecule has 0 aromatic rings. The quantitative estimate of drug-likeness (QED) is 0.538. The number of hydrogen-bond donors (Lipinski definition) is 3. The predicted octanol–water partition coefficient (Wildman–Crippen LogP) is -0.350. The molecule has 0 aromatic carbocycles. The molecular formula is C7H9N3O2S. The maximum absolute atomic E-state index is 10.9. The van der Waals surface area contributed by atoms with Gasteiger partial charge in [0, 0.05) is 5.75 Å². The summed E-state index contributed by atoms with van der Waals surface area (Å²) in [4.78, 5) is 12.6. The minimum atomic E-state index is -0.720. The molecule has 5 nitrogen and oxygen atoms in total. The number of amidine groups is 1. The fourth-order valence-electron chi connectivity index (χ4n) is 1.56. The highest BCUT2D eigenvalue weighted by Gasteiger charge is 2.42. The first-order valence-electron chi connectivity index (χ1n) is 3.79. The average molecular weight is 199 g/mol. The van der Waals surface area contributed by atoms with Gasteiger partial charge in [-0.05, 0) is 0 Å². The van der Waals surface area contributed by atoms with Crippen molar-refractivity contribution in [2.75, 3.05) is 11.6 Å². The van der Waals surface area contributed by atoms with Crippen molar-refractivity contribution >= 4 is 23.5 Å². The van der Waals surface area contributed by atoms with Crippen LogP contribution in [0.15, 0.2) is 11.3 Å². The van der Waals surface area contributed by atoms with Crippen molar-refractivity contribution in [3.63, 3.8) is 0 Å². The van der Waals surface area contributed by atoms with Crippen molar-refractivity contribution in [3.8, 4) is 0 Å². The number of rotatable bonds is 1. The number of fused-ring (bicyclic) bond motifs is 1. The normalized spacial score (nSPS) is 26.9. The first-order chi connectivity index (χ1) is 6.13. The van der Waals surface area contributed by atoms with E-state index in [1.807, 2.05) is 0 Å². The molecule has 0 saturated carbocycles. The molecule has 1 saturated heterocycles. The third-order valence-electron chi connectivity index (χ3n) is 2.22. The van der Waals surface area contributed by atoms with E-state index in [2.05, 4.69) is 0 Å². The first kappa shape index (κ1) is 8.43. The molecule has 0 radical (unpaired) electrons. The number of hydrogen-bond acceptors (Lipinski definition) is 4. The van der Waals surface area contributed by atoms with Gasteiger partial charge in [0.05, 0.1) is 11.9 Å². The lowest BCUT2D eigenvalue weighted by molar-refractivity contribution is -0.114. The lowest BCUT2D eigenvalue weighted by Crippen LogP contribution is -2.32. The number of aliphatic hydroxyl groups excluding tert-OH is 1. The Hall–Kier alpha value is -1.17. The number of aliphatic hydroxyl groups is 1. The average Bonchev–Trinajstić information content (AvgIpc) is 2.56. The Morgan fingerprint density at radius 3 is 3.00 bits per heavy atom. The van der Waals surface area contributed by atoms with E-state index in [-0.39, 0.29) is 23.2 Å². The van der Waals surface area contributed by atoms with Gasteiger partial charge in [-0.25, -0.2) is 0 Å². The van der Waals surface area contributed by atoms with E-state index in [1.54, 1.807) is 16.7 Å². The summed E-state index contributed by atoms with van der Waals surface area (Å²) in [6.45, 7) is 0. The van der Waals surface area contributed by atoms with Gasteiger partial charge in [-0.3, -0.25) is 10.2 Å². The summed E-state index contributed by atoms with van der Waals surface area (Å²) >= 11 is 1.63. The number of carbonyl (C=O) groups excluding carboxylic acids is 1. The Morgan fingerprint density at radius 2 is 2.46 bits per heavy atom. The zero-order valence-electron chi connectivity index (χ0n) is 6.78. The molecule has 0 aromatic heterocycles. The number of primary amides is 1.